The van der Waals surface area contributed by atoms with Crippen molar-refractivity contribution in [3.63, 3.8) is 0 Å². The Morgan fingerprint density at radius 2 is 1.13 bits per heavy atom. The quantitative estimate of drug-likeness (QED) is 0.215. The van der Waals surface area contributed by atoms with Gasteiger partial charge in [0.15, 0.2) is 0 Å². The van der Waals surface area contributed by atoms with Crippen LogP contribution in [0.2, 0.25) is 5.28 Å². The van der Waals surface area contributed by atoms with Gasteiger partial charge in [-0.15, -0.1) is 0 Å². The summed E-state index contributed by atoms with van der Waals surface area (Å²) in [6.07, 6.45) is 0. The highest BCUT2D eigenvalue weighted by molar-refractivity contribution is 7.86. The third-order valence-corrected chi connectivity index (χ3v) is 5.72. The number of nitrogens with one attached hydrogen (secondary N) is 2. The number of nitrogens with zero attached hydrogens (tertiary/aromatic N) is 3. The highest BCUT2D eigenvalue weighted by atomic mass is 35.5. The minimum absolute atomic E-state index is 0.0379. The minimum atomic E-state index is -4.48. The predicted octanol–water partition coefficient (Wildman–Crippen LogP) is 1.67. The van der Waals surface area contributed by atoms with Crippen molar-refractivity contribution in [2.45, 2.75) is 9.79 Å². The number of anilines is 6. The van der Waals surface area contributed by atoms with Gasteiger partial charge in [0, 0.05) is 11.4 Å². The van der Waals surface area contributed by atoms with Gasteiger partial charge in [0.25, 0.3) is 20.2 Å². The van der Waals surface area contributed by atoms with Gasteiger partial charge in [-0.05, 0) is 48.0 Å². The van der Waals surface area contributed by atoms with Gasteiger partial charge >= 0.3 is 0 Å². The zero-order valence-corrected chi connectivity index (χ0v) is 17.6. The predicted molar refractivity (Wildman–Crippen MR) is 113 cm³/mol. The van der Waals surface area contributed by atoms with Gasteiger partial charge in [-0.2, -0.15) is 31.8 Å². The number of aromatic nitrogens is 3. The molecule has 3 rings (SSSR count). The van der Waals surface area contributed by atoms with Gasteiger partial charge < -0.3 is 22.1 Å². The average molecular weight is 488 g/mol. The third-order valence-electron chi connectivity index (χ3n) is 3.70. The largest absolute Gasteiger partial charge is 0.398 e. The van der Waals surface area contributed by atoms with Crippen molar-refractivity contribution in [2.24, 2.45) is 0 Å². The molecule has 0 unspecified atom stereocenters. The lowest BCUT2D eigenvalue weighted by atomic mass is 10.3. The van der Waals surface area contributed by atoms with E-state index in [-0.39, 0.29) is 28.6 Å². The Balaban J connectivity index is 1.86. The second kappa shape index (κ2) is 8.12. The fourth-order valence-electron chi connectivity index (χ4n) is 2.44. The minimum Gasteiger partial charge on any atom is -0.398 e. The van der Waals surface area contributed by atoms with Crippen molar-refractivity contribution >= 4 is 66.5 Å². The fourth-order valence-corrected chi connectivity index (χ4v) is 3.80. The standard InChI is InChI=1S/C15H14ClN7O6S2/c16-13-21-14(19-7-1-3-11(9(17)5-7)30(24,25)26)23-15(22-13)20-8-2-4-12(10(18)6-8)31(27,28)29/h1-6H,17-18H2,(H,24,25,26)(H,27,28,29)(H2,19,20,21,22,23). The highest BCUT2D eigenvalue weighted by Crippen LogP contribution is 2.26. The van der Waals surface area contributed by atoms with Gasteiger partial charge in [-0.1, -0.05) is 0 Å². The Kier molecular flexibility index (Phi) is 5.88. The molecular formula is C15H14ClN7O6S2. The van der Waals surface area contributed by atoms with Crippen LogP contribution in [0.15, 0.2) is 46.2 Å². The van der Waals surface area contributed by atoms with Crippen LogP contribution in [0.5, 0.6) is 0 Å². The molecule has 8 N–H and O–H groups in total. The monoisotopic (exact) mass is 487 g/mol. The van der Waals surface area contributed by atoms with E-state index in [2.05, 4.69) is 25.6 Å². The zero-order chi connectivity index (χ0) is 23.0. The van der Waals surface area contributed by atoms with E-state index in [1.54, 1.807) is 0 Å². The summed E-state index contributed by atoms with van der Waals surface area (Å²) in [5, 5.41) is 5.30. The molecular weight excluding hydrogens is 474 g/mol. The third kappa shape index (κ3) is 5.47. The number of nitrogen functional groups attached to an aromatic ring is 2. The normalized spacial score (nSPS) is 11.8. The van der Waals surface area contributed by atoms with Crippen LogP contribution in [0.3, 0.4) is 0 Å². The van der Waals surface area contributed by atoms with Crippen LogP contribution in [-0.2, 0) is 20.2 Å². The Hall–Kier alpha value is -3.24. The summed E-state index contributed by atoms with van der Waals surface area (Å²) in [6, 6.07) is 7.30. The number of halogens is 1. The molecule has 0 aliphatic heterocycles. The first-order valence-corrected chi connectivity index (χ1v) is 11.3. The van der Waals surface area contributed by atoms with Crippen molar-refractivity contribution in [2.75, 3.05) is 22.1 Å². The first kappa shape index (κ1) is 22.4. The van der Waals surface area contributed by atoms with E-state index < -0.39 is 30.0 Å². The molecule has 0 aliphatic rings. The summed E-state index contributed by atoms with van der Waals surface area (Å²) in [7, 11) is -8.95. The Labute approximate surface area is 181 Å². The summed E-state index contributed by atoms with van der Waals surface area (Å²) >= 11 is 5.90. The van der Waals surface area contributed by atoms with E-state index in [4.69, 9.17) is 32.2 Å². The molecule has 13 nitrogen and oxygen atoms in total. The van der Waals surface area contributed by atoms with E-state index in [0.717, 1.165) is 12.1 Å². The first-order valence-electron chi connectivity index (χ1n) is 8.02. The van der Waals surface area contributed by atoms with Crippen molar-refractivity contribution < 1.29 is 25.9 Å². The molecule has 0 saturated carbocycles. The molecule has 0 saturated heterocycles. The van der Waals surface area contributed by atoms with Gasteiger partial charge in [-0.25, -0.2) is 0 Å². The van der Waals surface area contributed by atoms with Crippen molar-refractivity contribution in [3.8, 4) is 0 Å². The molecule has 0 spiro atoms. The maximum absolute atomic E-state index is 11.2. The fraction of sp³-hybridized carbons (Fsp3) is 0. The number of rotatable bonds is 6. The van der Waals surface area contributed by atoms with E-state index in [1.165, 1.54) is 24.3 Å². The summed E-state index contributed by atoms with van der Waals surface area (Å²) in [5.41, 5.74) is 11.4. The van der Waals surface area contributed by atoms with Crippen molar-refractivity contribution in [1.29, 1.82) is 0 Å². The maximum Gasteiger partial charge on any atom is 0.296 e. The second-order valence-corrected chi connectivity index (χ2v) is 9.07. The molecule has 0 bridgehead atoms. The first-order chi connectivity index (χ1) is 14.3. The van der Waals surface area contributed by atoms with Gasteiger partial charge in [0.2, 0.25) is 17.2 Å². The molecule has 1 heterocycles. The Morgan fingerprint density at radius 1 is 0.742 bits per heavy atom. The summed E-state index contributed by atoms with van der Waals surface area (Å²) in [5.74, 6) is -0.0759. The summed E-state index contributed by atoms with van der Waals surface area (Å²) in [6.45, 7) is 0. The molecule has 0 atom stereocenters. The van der Waals surface area contributed by atoms with Crippen molar-refractivity contribution in [3.05, 3.63) is 41.7 Å². The summed E-state index contributed by atoms with van der Waals surface area (Å²) in [4.78, 5) is 10.9. The lowest BCUT2D eigenvalue weighted by Gasteiger charge is -2.11. The molecule has 0 aliphatic carbocycles. The number of nitrogens with two attached hydrogens (primary N) is 2. The number of hydrogen-bond acceptors (Lipinski definition) is 11. The maximum atomic E-state index is 11.2. The van der Waals surface area contributed by atoms with Gasteiger partial charge in [-0.3, -0.25) is 9.11 Å². The number of benzene rings is 2. The van der Waals surface area contributed by atoms with Gasteiger partial charge in [0.1, 0.15) is 9.79 Å². The SMILES string of the molecule is Nc1cc(Nc2nc(Cl)nc(Nc3ccc(S(=O)(=O)O)c(N)c3)n2)ccc1S(=O)(=O)O. The molecule has 2 aromatic carbocycles. The topological polar surface area (TPSA) is 224 Å². The van der Waals surface area contributed by atoms with Crippen LogP contribution < -0.4 is 22.1 Å². The van der Waals surface area contributed by atoms with Gasteiger partial charge in [0.05, 0.1) is 11.4 Å². The molecule has 0 radical (unpaired) electrons. The lowest BCUT2D eigenvalue weighted by Crippen LogP contribution is -2.07. The molecule has 1 aromatic heterocycles. The zero-order valence-electron chi connectivity index (χ0n) is 15.2. The van der Waals surface area contributed by atoms with Crippen LogP contribution in [-0.4, -0.2) is 40.9 Å². The van der Waals surface area contributed by atoms with E-state index in [0.29, 0.717) is 11.4 Å². The Bertz CT molecular complexity index is 1280. The second-order valence-electron chi connectivity index (χ2n) is 5.96. The lowest BCUT2D eigenvalue weighted by molar-refractivity contribution is 0.481. The Morgan fingerprint density at radius 3 is 1.45 bits per heavy atom. The highest BCUT2D eigenvalue weighted by Gasteiger charge is 2.16. The van der Waals surface area contributed by atoms with Crippen LogP contribution in [0.1, 0.15) is 0 Å². The van der Waals surface area contributed by atoms with E-state index in [9.17, 15) is 16.8 Å². The molecule has 0 fully saturated rings. The smallest absolute Gasteiger partial charge is 0.296 e. The van der Waals surface area contributed by atoms with E-state index >= 15 is 0 Å². The average Bonchev–Trinajstić information content (AvgIpc) is 2.59. The molecule has 164 valence electrons. The van der Waals surface area contributed by atoms with Crippen molar-refractivity contribution in [1.82, 2.24) is 15.0 Å². The molecule has 31 heavy (non-hydrogen) atoms. The van der Waals surface area contributed by atoms with E-state index in [1.807, 2.05) is 0 Å². The molecule has 0 amide bonds. The summed E-state index contributed by atoms with van der Waals surface area (Å²) < 4.78 is 63.1. The number of hydrogen-bond donors (Lipinski definition) is 6. The van der Waals surface area contributed by atoms with Crippen LogP contribution in [0.25, 0.3) is 0 Å². The molecule has 3 aromatic rings. The van der Waals surface area contributed by atoms with Crippen LogP contribution >= 0.6 is 11.6 Å². The van der Waals surface area contributed by atoms with Crippen LogP contribution in [0, 0.1) is 0 Å². The van der Waals surface area contributed by atoms with Crippen LogP contribution in [0.4, 0.5) is 34.6 Å². The molecule has 16 heteroatoms.